The first-order valence-corrected chi connectivity index (χ1v) is 5.92. The second-order valence-electron chi connectivity index (χ2n) is 3.50. The molecule has 1 heterocycles. The molecule has 1 aliphatic heterocycles. The highest BCUT2D eigenvalue weighted by Crippen LogP contribution is 2.26. The summed E-state index contributed by atoms with van der Waals surface area (Å²) in [5.74, 6) is 0. The Kier molecular flexibility index (Phi) is 3.50. The first-order valence-electron chi connectivity index (χ1n) is 4.63. The van der Waals surface area contributed by atoms with Gasteiger partial charge in [0, 0.05) is 0 Å². The predicted molar refractivity (Wildman–Crippen MR) is 60.2 cm³/mol. The summed E-state index contributed by atoms with van der Waals surface area (Å²) in [6, 6.07) is 0.531. The molecule has 0 N–H and O–H groups in total. The third-order valence-corrected chi connectivity index (χ3v) is 3.61. The van der Waals surface area contributed by atoms with Crippen molar-refractivity contribution in [1.29, 1.82) is 0 Å². The Morgan fingerprint density at radius 1 is 1.54 bits per heavy atom. The molecule has 3 nitrogen and oxygen atoms in total. The highest BCUT2D eigenvalue weighted by molar-refractivity contribution is 7.99. The van der Waals surface area contributed by atoms with Crippen LogP contribution in [-0.2, 0) is 0 Å². The van der Waals surface area contributed by atoms with Gasteiger partial charge in [0.2, 0.25) is 5.50 Å². The van der Waals surface area contributed by atoms with E-state index in [1.807, 2.05) is 6.34 Å². The molecule has 2 unspecified atom stereocenters. The van der Waals surface area contributed by atoms with Crippen LogP contribution in [0.15, 0.2) is 9.98 Å². The second-order valence-corrected chi connectivity index (χ2v) is 4.39. The normalized spacial score (nSPS) is 32.8. The number of hydrogen-bond acceptors (Lipinski definition) is 3. The summed E-state index contributed by atoms with van der Waals surface area (Å²) in [4.78, 5) is 8.57. The minimum absolute atomic E-state index is 0.280. The van der Waals surface area contributed by atoms with Crippen LogP contribution in [0.1, 0.15) is 20.8 Å². The molecular formula is C9H18N3S+. The van der Waals surface area contributed by atoms with E-state index in [-0.39, 0.29) is 5.50 Å². The lowest BCUT2D eigenvalue weighted by Crippen LogP contribution is -2.57. The van der Waals surface area contributed by atoms with Crippen molar-refractivity contribution in [3.8, 4) is 0 Å². The molecule has 0 saturated carbocycles. The van der Waals surface area contributed by atoms with Crippen molar-refractivity contribution in [3.05, 3.63) is 0 Å². The van der Waals surface area contributed by atoms with Gasteiger partial charge < -0.3 is 0 Å². The minimum Gasteiger partial charge on any atom is -0.249 e. The molecule has 4 heteroatoms. The summed E-state index contributed by atoms with van der Waals surface area (Å²) in [5, 5.41) is 0. The van der Waals surface area contributed by atoms with Gasteiger partial charge in [-0.15, -0.1) is 0 Å². The molecule has 0 aromatic rings. The van der Waals surface area contributed by atoms with Crippen LogP contribution in [0.2, 0.25) is 0 Å². The van der Waals surface area contributed by atoms with Crippen molar-refractivity contribution in [1.82, 2.24) is 0 Å². The van der Waals surface area contributed by atoms with E-state index in [0.717, 1.165) is 11.0 Å². The van der Waals surface area contributed by atoms with Crippen LogP contribution in [0.5, 0.6) is 0 Å². The summed E-state index contributed by atoms with van der Waals surface area (Å²) in [6.45, 7) is 7.68. The summed E-state index contributed by atoms with van der Waals surface area (Å²) >= 11 is 1.79. The molecule has 0 aliphatic carbocycles. The number of hydrogen-bond donors (Lipinski definition) is 0. The standard InChI is InChI=1S/C9H18N3S/c1-5-12(8(2)3)7-10-6-11-9(12)13-4/h6-9H,5H2,1-4H3/q+1. The van der Waals surface area contributed by atoms with Crippen molar-refractivity contribution in [2.75, 3.05) is 12.8 Å². The van der Waals surface area contributed by atoms with Crippen molar-refractivity contribution >= 4 is 24.4 Å². The van der Waals surface area contributed by atoms with Gasteiger partial charge in [-0.1, -0.05) is 11.8 Å². The monoisotopic (exact) mass is 200 g/mol. The Morgan fingerprint density at radius 2 is 2.23 bits per heavy atom. The van der Waals surface area contributed by atoms with E-state index in [2.05, 4.69) is 37.0 Å². The van der Waals surface area contributed by atoms with E-state index in [1.165, 1.54) is 0 Å². The lowest BCUT2D eigenvalue weighted by molar-refractivity contribution is -0.865. The Bertz CT molecular complexity index is 225. The van der Waals surface area contributed by atoms with E-state index in [4.69, 9.17) is 0 Å². The van der Waals surface area contributed by atoms with Gasteiger partial charge in [0.15, 0.2) is 6.34 Å². The molecule has 0 aromatic heterocycles. The highest BCUT2D eigenvalue weighted by atomic mass is 32.2. The molecule has 2 atom stereocenters. The molecule has 0 radical (unpaired) electrons. The number of thioether (sulfide) groups is 1. The molecule has 74 valence electrons. The van der Waals surface area contributed by atoms with Gasteiger partial charge in [0.25, 0.3) is 0 Å². The average molecular weight is 200 g/mol. The molecule has 0 bridgehead atoms. The Morgan fingerprint density at radius 3 is 2.62 bits per heavy atom. The summed E-state index contributed by atoms with van der Waals surface area (Å²) in [5.41, 5.74) is 0.280. The Balaban J connectivity index is 2.95. The van der Waals surface area contributed by atoms with Gasteiger partial charge in [-0.3, -0.25) is 0 Å². The summed E-state index contributed by atoms with van der Waals surface area (Å²) < 4.78 is 0.859. The number of nitrogens with zero attached hydrogens (tertiary/aromatic N) is 3. The zero-order valence-corrected chi connectivity index (χ0v) is 9.58. The van der Waals surface area contributed by atoms with Gasteiger partial charge >= 0.3 is 0 Å². The molecular weight excluding hydrogens is 182 g/mol. The maximum absolute atomic E-state index is 4.41. The van der Waals surface area contributed by atoms with E-state index in [1.54, 1.807) is 18.1 Å². The molecule has 0 spiro atoms. The van der Waals surface area contributed by atoms with Gasteiger partial charge in [0.05, 0.1) is 12.6 Å². The smallest absolute Gasteiger partial charge is 0.237 e. The molecule has 0 fully saturated rings. The van der Waals surface area contributed by atoms with Crippen LogP contribution in [0, 0.1) is 0 Å². The molecule has 0 saturated heterocycles. The van der Waals surface area contributed by atoms with Crippen LogP contribution in [-0.4, -0.2) is 41.5 Å². The molecule has 0 amide bonds. The van der Waals surface area contributed by atoms with Crippen LogP contribution in [0.3, 0.4) is 0 Å². The van der Waals surface area contributed by atoms with Crippen LogP contribution < -0.4 is 0 Å². The fourth-order valence-corrected chi connectivity index (χ4v) is 2.69. The van der Waals surface area contributed by atoms with Crippen LogP contribution in [0.25, 0.3) is 0 Å². The lowest BCUT2D eigenvalue weighted by Gasteiger charge is -2.41. The summed E-state index contributed by atoms with van der Waals surface area (Å²) in [7, 11) is 0. The first-order chi connectivity index (χ1) is 6.17. The van der Waals surface area contributed by atoms with Gasteiger partial charge in [-0.2, -0.15) is 4.99 Å². The zero-order chi connectivity index (χ0) is 9.90. The van der Waals surface area contributed by atoms with Gasteiger partial charge in [-0.25, -0.2) is 9.48 Å². The third kappa shape index (κ3) is 1.79. The molecule has 13 heavy (non-hydrogen) atoms. The Hall–Kier alpha value is -0.350. The Labute approximate surface area is 84.5 Å². The SMILES string of the molecule is CC[N+]1(C(C)C)C=NC=NC1SC. The average Bonchev–Trinajstić information content (AvgIpc) is 2.17. The van der Waals surface area contributed by atoms with E-state index < -0.39 is 0 Å². The lowest BCUT2D eigenvalue weighted by atomic mass is 10.2. The maximum Gasteiger partial charge on any atom is 0.237 e. The van der Waals surface area contributed by atoms with E-state index in [9.17, 15) is 0 Å². The van der Waals surface area contributed by atoms with Gasteiger partial charge in [-0.05, 0) is 27.0 Å². The van der Waals surface area contributed by atoms with Crippen LogP contribution in [0.4, 0.5) is 0 Å². The van der Waals surface area contributed by atoms with E-state index in [0.29, 0.717) is 6.04 Å². The molecule has 0 aromatic carbocycles. The molecule has 1 rings (SSSR count). The summed E-state index contributed by atoms with van der Waals surface area (Å²) in [6.07, 6.45) is 5.79. The highest BCUT2D eigenvalue weighted by Gasteiger charge is 2.38. The number of quaternary nitrogens is 1. The fourth-order valence-electron chi connectivity index (χ4n) is 1.68. The molecule has 1 aliphatic rings. The predicted octanol–water partition coefficient (Wildman–Crippen LogP) is 1.95. The fraction of sp³-hybridized carbons (Fsp3) is 0.778. The topological polar surface area (TPSA) is 24.7 Å². The largest absolute Gasteiger partial charge is 0.249 e. The maximum atomic E-state index is 4.41. The zero-order valence-electron chi connectivity index (χ0n) is 8.77. The van der Waals surface area contributed by atoms with E-state index >= 15 is 0 Å². The number of rotatable bonds is 3. The first kappa shape index (κ1) is 10.7. The third-order valence-electron chi connectivity index (χ3n) is 2.67. The van der Waals surface area contributed by atoms with Crippen molar-refractivity contribution in [2.24, 2.45) is 9.98 Å². The minimum atomic E-state index is 0.280. The van der Waals surface area contributed by atoms with Crippen molar-refractivity contribution in [3.63, 3.8) is 0 Å². The number of aliphatic imine (C=N–C) groups is 2. The van der Waals surface area contributed by atoms with Crippen molar-refractivity contribution in [2.45, 2.75) is 32.3 Å². The van der Waals surface area contributed by atoms with Crippen molar-refractivity contribution < 1.29 is 4.48 Å². The quantitative estimate of drug-likeness (QED) is 0.639. The van der Waals surface area contributed by atoms with Gasteiger partial charge in [0.1, 0.15) is 6.34 Å². The van der Waals surface area contributed by atoms with Crippen LogP contribution >= 0.6 is 11.8 Å². The second kappa shape index (κ2) is 4.24.